The first-order valence-electron chi connectivity index (χ1n) is 9.84. The lowest BCUT2D eigenvalue weighted by Gasteiger charge is -2.24. The van der Waals surface area contributed by atoms with Crippen LogP contribution in [0, 0.1) is 0 Å². The zero-order valence-electron chi connectivity index (χ0n) is 16.9. The molecule has 0 aromatic rings. The summed E-state index contributed by atoms with van der Waals surface area (Å²) in [6, 6.07) is 0. The summed E-state index contributed by atoms with van der Waals surface area (Å²) in [7, 11) is 1.40. The monoisotopic (exact) mass is 384 g/mol. The van der Waals surface area contributed by atoms with Crippen molar-refractivity contribution in [3.8, 4) is 0 Å². The Morgan fingerprint density at radius 3 is 2.30 bits per heavy atom. The van der Waals surface area contributed by atoms with E-state index in [1.807, 2.05) is 25.2 Å². The lowest BCUT2D eigenvalue weighted by atomic mass is 10.0. The Balaban J connectivity index is 4.09. The molecule has 0 fully saturated rings. The standard InChI is InChI=1S/C21H36O6/c1-4-5-11-15-19(27-17(2)22)21(25)18(23)14-12-9-7-6-8-10-13-16-20(24)26-3/h5,11-12,14,18-19,21,23,25H,4,6-10,13,15-16H2,1-3H3/b11-5-,14-12-/t18-,19+,21-/m1/s1. The van der Waals surface area contributed by atoms with Crippen LogP contribution in [0.2, 0.25) is 0 Å². The second-order valence-electron chi connectivity index (χ2n) is 6.56. The Morgan fingerprint density at radius 2 is 1.67 bits per heavy atom. The van der Waals surface area contributed by atoms with Crippen LogP contribution in [0.5, 0.6) is 0 Å². The number of rotatable bonds is 15. The largest absolute Gasteiger partial charge is 0.469 e. The molecule has 0 saturated carbocycles. The number of aliphatic hydroxyl groups excluding tert-OH is 2. The van der Waals surface area contributed by atoms with Crippen LogP contribution in [0.3, 0.4) is 0 Å². The van der Waals surface area contributed by atoms with E-state index in [-0.39, 0.29) is 5.97 Å². The Kier molecular flexibility index (Phi) is 15.5. The predicted molar refractivity (Wildman–Crippen MR) is 105 cm³/mol. The molecule has 0 aliphatic heterocycles. The number of ether oxygens (including phenoxy) is 2. The molecule has 0 spiro atoms. The summed E-state index contributed by atoms with van der Waals surface area (Å²) in [5.74, 6) is -0.643. The fourth-order valence-electron chi connectivity index (χ4n) is 2.60. The van der Waals surface area contributed by atoms with Gasteiger partial charge in [0.05, 0.1) is 7.11 Å². The van der Waals surface area contributed by atoms with E-state index in [1.54, 1.807) is 6.08 Å². The number of unbranched alkanes of at least 4 members (excludes halogenated alkanes) is 5. The topological polar surface area (TPSA) is 93.1 Å². The number of carbonyl (C=O) groups is 2. The first-order valence-corrected chi connectivity index (χ1v) is 9.84. The molecule has 27 heavy (non-hydrogen) atoms. The van der Waals surface area contributed by atoms with Crippen LogP contribution < -0.4 is 0 Å². The summed E-state index contributed by atoms with van der Waals surface area (Å²) in [6.45, 7) is 3.28. The summed E-state index contributed by atoms with van der Waals surface area (Å²) in [5.41, 5.74) is 0. The van der Waals surface area contributed by atoms with Gasteiger partial charge in [0.1, 0.15) is 18.3 Å². The van der Waals surface area contributed by atoms with E-state index < -0.39 is 24.3 Å². The normalized spacial score (nSPS) is 15.0. The summed E-state index contributed by atoms with van der Waals surface area (Å²) < 4.78 is 9.71. The van der Waals surface area contributed by atoms with Crippen LogP contribution >= 0.6 is 0 Å². The second-order valence-corrected chi connectivity index (χ2v) is 6.56. The Bertz CT molecular complexity index is 458. The molecule has 0 saturated heterocycles. The maximum atomic E-state index is 11.2. The summed E-state index contributed by atoms with van der Waals surface area (Å²) >= 11 is 0. The van der Waals surface area contributed by atoms with E-state index in [0.29, 0.717) is 12.8 Å². The van der Waals surface area contributed by atoms with Crippen LogP contribution in [0.4, 0.5) is 0 Å². The van der Waals surface area contributed by atoms with E-state index in [0.717, 1.165) is 44.9 Å². The lowest BCUT2D eigenvalue weighted by Crippen LogP contribution is -2.38. The number of methoxy groups -OCH3 is 1. The van der Waals surface area contributed by atoms with Crippen molar-refractivity contribution < 1.29 is 29.3 Å². The quantitative estimate of drug-likeness (QED) is 0.255. The Hall–Kier alpha value is -1.66. The van der Waals surface area contributed by atoms with Crippen LogP contribution in [-0.4, -0.2) is 47.6 Å². The van der Waals surface area contributed by atoms with Crippen LogP contribution in [0.25, 0.3) is 0 Å². The van der Waals surface area contributed by atoms with Gasteiger partial charge < -0.3 is 19.7 Å². The van der Waals surface area contributed by atoms with Gasteiger partial charge in [0.2, 0.25) is 0 Å². The first kappa shape index (κ1) is 25.3. The van der Waals surface area contributed by atoms with Gasteiger partial charge in [-0.15, -0.1) is 0 Å². The van der Waals surface area contributed by atoms with Gasteiger partial charge in [0.25, 0.3) is 0 Å². The highest BCUT2D eigenvalue weighted by molar-refractivity contribution is 5.69. The second kappa shape index (κ2) is 16.5. The van der Waals surface area contributed by atoms with Crippen molar-refractivity contribution in [2.24, 2.45) is 0 Å². The maximum Gasteiger partial charge on any atom is 0.305 e. The van der Waals surface area contributed by atoms with Crippen molar-refractivity contribution in [2.75, 3.05) is 7.11 Å². The van der Waals surface area contributed by atoms with E-state index in [2.05, 4.69) is 4.74 Å². The highest BCUT2D eigenvalue weighted by Gasteiger charge is 2.26. The zero-order valence-corrected chi connectivity index (χ0v) is 16.9. The molecule has 6 heteroatoms. The average molecular weight is 385 g/mol. The van der Waals surface area contributed by atoms with Gasteiger partial charge in [-0.25, -0.2) is 0 Å². The number of hydrogen-bond acceptors (Lipinski definition) is 6. The molecule has 0 aliphatic rings. The molecular formula is C21H36O6. The van der Waals surface area contributed by atoms with E-state index >= 15 is 0 Å². The Morgan fingerprint density at radius 1 is 1.00 bits per heavy atom. The van der Waals surface area contributed by atoms with Gasteiger partial charge in [-0.2, -0.15) is 0 Å². The Labute approximate surface area is 163 Å². The van der Waals surface area contributed by atoms with Gasteiger partial charge in [-0.05, 0) is 25.7 Å². The van der Waals surface area contributed by atoms with Gasteiger partial charge in [0.15, 0.2) is 0 Å². The minimum atomic E-state index is -1.16. The van der Waals surface area contributed by atoms with Crippen LogP contribution in [0.1, 0.15) is 71.6 Å². The van der Waals surface area contributed by atoms with Gasteiger partial charge >= 0.3 is 11.9 Å². The smallest absolute Gasteiger partial charge is 0.305 e. The molecule has 0 aromatic carbocycles. The molecule has 0 aliphatic carbocycles. The van der Waals surface area contributed by atoms with Crippen molar-refractivity contribution in [3.63, 3.8) is 0 Å². The van der Waals surface area contributed by atoms with Crippen molar-refractivity contribution >= 4 is 11.9 Å². The third-order valence-electron chi connectivity index (χ3n) is 4.13. The molecule has 156 valence electrons. The van der Waals surface area contributed by atoms with E-state index in [4.69, 9.17) is 4.74 Å². The maximum absolute atomic E-state index is 11.2. The average Bonchev–Trinajstić information content (AvgIpc) is 2.64. The van der Waals surface area contributed by atoms with Crippen molar-refractivity contribution in [3.05, 3.63) is 24.3 Å². The predicted octanol–water partition coefficient (Wildman–Crippen LogP) is 3.46. The van der Waals surface area contributed by atoms with Gasteiger partial charge in [-0.1, -0.05) is 50.5 Å². The fourth-order valence-corrected chi connectivity index (χ4v) is 2.60. The van der Waals surface area contributed by atoms with Crippen molar-refractivity contribution in [2.45, 2.75) is 89.9 Å². The molecule has 0 bridgehead atoms. The summed E-state index contributed by atoms with van der Waals surface area (Å²) in [5, 5.41) is 20.4. The third-order valence-corrected chi connectivity index (χ3v) is 4.13. The molecule has 0 heterocycles. The lowest BCUT2D eigenvalue weighted by molar-refractivity contribution is -0.155. The minimum absolute atomic E-state index is 0.164. The van der Waals surface area contributed by atoms with Crippen molar-refractivity contribution in [1.29, 1.82) is 0 Å². The van der Waals surface area contributed by atoms with Gasteiger partial charge in [0, 0.05) is 19.8 Å². The van der Waals surface area contributed by atoms with E-state index in [9.17, 15) is 19.8 Å². The molecule has 0 rings (SSSR count). The summed E-state index contributed by atoms with van der Waals surface area (Å²) in [6.07, 6.45) is 11.6. The third kappa shape index (κ3) is 14.1. The van der Waals surface area contributed by atoms with Crippen LogP contribution in [0.15, 0.2) is 24.3 Å². The summed E-state index contributed by atoms with van der Waals surface area (Å²) in [4.78, 5) is 22.2. The van der Waals surface area contributed by atoms with Gasteiger partial charge in [-0.3, -0.25) is 9.59 Å². The molecule has 3 atom stereocenters. The number of allylic oxidation sites excluding steroid dienone is 2. The molecule has 0 radical (unpaired) electrons. The molecule has 0 unspecified atom stereocenters. The van der Waals surface area contributed by atoms with Crippen molar-refractivity contribution in [1.82, 2.24) is 0 Å². The number of aliphatic hydroxyl groups is 2. The highest BCUT2D eigenvalue weighted by Crippen LogP contribution is 2.13. The van der Waals surface area contributed by atoms with E-state index in [1.165, 1.54) is 14.0 Å². The highest BCUT2D eigenvalue weighted by atomic mass is 16.6. The molecule has 2 N–H and O–H groups in total. The molecule has 6 nitrogen and oxygen atoms in total. The number of carbonyl (C=O) groups excluding carboxylic acids is 2. The first-order chi connectivity index (χ1) is 12.9. The van der Waals surface area contributed by atoms with Crippen LogP contribution in [-0.2, 0) is 19.1 Å². The zero-order chi connectivity index (χ0) is 20.5. The number of hydrogen-bond donors (Lipinski definition) is 2. The number of esters is 2. The molecule has 0 aromatic heterocycles. The molecular weight excluding hydrogens is 348 g/mol. The minimum Gasteiger partial charge on any atom is -0.469 e. The molecule has 0 amide bonds. The SMILES string of the molecule is CC/C=C\C[C@H](OC(C)=O)[C@H](O)[C@H](O)/C=C\CCCCCCCC(=O)OC. The fraction of sp³-hybridized carbons (Fsp3) is 0.714.